The van der Waals surface area contributed by atoms with Gasteiger partial charge in [0.25, 0.3) is 0 Å². The average molecular weight is 171 g/mol. The van der Waals surface area contributed by atoms with Crippen LogP contribution in [-0.2, 0) is 0 Å². The predicted molar refractivity (Wildman–Crippen MR) is 35.4 cm³/mol. The zero-order chi connectivity index (χ0) is 9.30. The van der Waals surface area contributed by atoms with Gasteiger partial charge in [-0.25, -0.2) is 8.78 Å². The normalized spacial score (nSPS) is 9.92. The number of halogens is 2. The Kier molecular flexibility index (Phi) is 2.08. The fourth-order valence-corrected chi connectivity index (χ4v) is 0.873. The number of benzene rings is 1. The summed E-state index contributed by atoms with van der Waals surface area (Å²) in [7, 11) is 0. The molecule has 0 aliphatic heterocycles. The molecule has 12 heavy (non-hydrogen) atoms. The summed E-state index contributed by atoms with van der Waals surface area (Å²) in [4.78, 5) is 10.3. The maximum Gasteiger partial charge on any atom is 0.162 e. The van der Waals surface area contributed by atoms with Crippen molar-refractivity contribution in [1.29, 1.82) is 0 Å². The lowest BCUT2D eigenvalue weighted by atomic mass is 10.1. The summed E-state index contributed by atoms with van der Waals surface area (Å²) >= 11 is 0. The number of carboxylic acid groups (broad SMARTS) is 1. The van der Waals surface area contributed by atoms with E-state index in [2.05, 4.69) is 0 Å². The zero-order valence-electron chi connectivity index (χ0n) is 6.23. The monoisotopic (exact) mass is 171 g/mol. The fourth-order valence-electron chi connectivity index (χ4n) is 0.873. The highest BCUT2D eigenvalue weighted by Gasteiger charge is 2.09. The number of carbonyl (C=O) groups excluding carboxylic acids is 1. The molecular weight excluding hydrogens is 166 g/mol. The van der Waals surface area contributed by atoms with Crippen molar-refractivity contribution in [2.45, 2.75) is 6.92 Å². The van der Waals surface area contributed by atoms with Gasteiger partial charge in [-0.15, -0.1) is 0 Å². The lowest BCUT2D eigenvalue weighted by Gasteiger charge is -2.06. The molecule has 1 aromatic rings. The van der Waals surface area contributed by atoms with E-state index in [-0.39, 0.29) is 11.1 Å². The highest BCUT2D eigenvalue weighted by Crippen LogP contribution is 2.14. The molecule has 0 unspecified atom stereocenters. The average Bonchev–Trinajstić information content (AvgIpc) is 2.00. The van der Waals surface area contributed by atoms with Gasteiger partial charge in [-0.1, -0.05) is 0 Å². The lowest BCUT2D eigenvalue weighted by Crippen LogP contribution is -2.23. The quantitative estimate of drug-likeness (QED) is 0.622. The molecule has 4 heteroatoms. The Morgan fingerprint density at radius 3 is 2.50 bits per heavy atom. The van der Waals surface area contributed by atoms with Crippen LogP contribution in [-0.4, -0.2) is 5.97 Å². The summed E-state index contributed by atoms with van der Waals surface area (Å²) in [6, 6.07) is 1.73. The minimum absolute atomic E-state index is 0.241. The van der Waals surface area contributed by atoms with Gasteiger partial charge in [-0.05, 0) is 24.6 Å². The van der Waals surface area contributed by atoms with Gasteiger partial charge >= 0.3 is 0 Å². The molecule has 0 saturated carbocycles. The van der Waals surface area contributed by atoms with Crippen LogP contribution in [0.1, 0.15) is 15.9 Å². The Bertz CT molecular complexity index is 334. The molecule has 0 fully saturated rings. The molecule has 0 bridgehead atoms. The van der Waals surface area contributed by atoms with E-state index in [1.807, 2.05) is 0 Å². The molecule has 0 saturated heterocycles. The van der Waals surface area contributed by atoms with Gasteiger partial charge in [0.1, 0.15) is 0 Å². The van der Waals surface area contributed by atoms with Gasteiger partial charge in [-0.3, -0.25) is 0 Å². The fraction of sp³-hybridized carbons (Fsp3) is 0.125. The third-order valence-electron chi connectivity index (χ3n) is 1.56. The van der Waals surface area contributed by atoms with E-state index < -0.39 is 17.6 Å². The number of rotatable bonds is 1. The van der Waals surface area contributed by atoms with Gasteiger partial charge < -0.3 is 9.90 Å². The molecule has 0 heterocycles. The van der Waals surface area contributed by atoms with Crippen LogP contribution in [0.25, 0.3) is 0 Å². The first-order chi connectivity index (χ1) is 5.54. The summed E-state index contributed by atoms with van der Waals surface area (Å²) in [5.41, 5.74) is -0.566. The highest BCUT2D eigenvalue weighted by molar-refractivity contribution is 5.87. The van der Waals surface area contributed by atoms with Gasteiger partial charge in [0.2, 0.25) is 0 Å². The highest BCUT2D eigenvalue weighted by atomic mass is 19.2. The minimum atomic E-state index is -1.51. The molecule has 2 nitrogen and oxygen atoms in total. The van der Waals surface area contributed by atoms with Gasteiger partial charge in [0.05, 0.1) is 5.97 Å². The van der Waals surface area contributed by atoms with E-state index in [1.165, 1.54) is 6.92 Å². The Labute approximate surface area is 67.4 Å². The standard InChI is InChI=1S/C8H6F2O2/c1-4-5(8(11)12)2-3-6(9)7(4)10/h2-3H,1H3,(H,11,12)/p-1. The predicted octanol–water partition coefficient (Wildman–Crippen LogP) is 0.637. The van der Waals surface area contributed by atoms with E-state index in [1.54, 1.807) is 0 Å². The van der Waals surface area contributed by atoms with Crippen molar-refractivity contribution < 1.29 is 18.7 Å². The maximum atomic E-state index is 12.7. The molecule has 0 aromatic heterocycles. The lowest BCUT2D eigenvalue weighted by molar-refractivity contribution is -0.255. The van der Waals surface area contributed by atoms with Crippen LogP contribution < -0.4 is 5.11 Å². The van der Waals surface area contributed by atoms with E-state index >= 15 is 0 Å². The molecule has 0 atom stereocenters. The van der Waals surface area contributed by atoms with Crippen molar-refractivity contribution in [3.8, 4) is 0 Å². The third-order valence-corrected chi connectivity index (χ3v) is 1.56. The van der Waals surface area contributed by atoms with Crippen molar-refractivity contribution in [2.75, 3.05) is 0 Å². The summed E-state index contributed by atoms with van der Waals surface area (Å²) < 4.78 is 25.1. The number of carboxylic acids is 1. The van der Waals surface area contributed by atoms with Crippen molar-refractivity contribution in [1.82, 2.24) is 0 Å². The smallest absolute Gasteiger partial charge is 0.162 e. The van der Waals surface area contributed by atoms with Crippen LogP contribution in [0.4, 0.5) is 8.78 Å². The largest absolute Gasteiger partial charge is 0.545 e. The first-order valence-corrected chi connectivity index (χ1v) is 3.20. The molecule has 0 aliphatic rings. The maximum absolute atomic E-state index is 12.7. The Hall–Kier alpha value is -1.45. The molecule has 1 aromatic carbocycles. The second kappa shape index (κ2) is 2.89. The number of carbonyl (C=O) groups is 1. The van der Waals surface area contributed by atoms with Crippen LogP contribution in [0, 0.1) is 18.6 Å². The summed E-state index contributed by atoms with van der Waals surface area (Å²) in [6.45, 7) is 1.18. The first-order valence-electron chi connectivity index (χ1n) is 3.20. The van der Waals surface area contributed by atoms with Crippen molar-refractivity contribution >= 4 is 5.97 Å². The molecule has 0 spiro atoms. The van der Waals surface area contributed by atoms with E-state index in [4.69, 9.17) is 0 Å². The molecule has 64 valence electrons. The molecule has 0 amide bonds. The van der Waals surface area contributed by atoms with E-state index in [9.17, 15) is 18.7 Å². The van der Waals surface area contributed by atoms with Crippen molar-refractivity contribution in [3.63, 3.8) is 0 Å². The van der Waals surface area contributed by atoms with E-state index in [0.29, 0.717) is 0 Å². The Morgan fingerprint density at radius 2 is 2.00 bits per heavy atom. The van der Waals surface area contributed by atoms with E-state index in [0.717, 1.165) is 12.1 Å². The zero-order valence-corrected chi connectivity index (χ0v) is 6.23. The van der Waals surface area contributed by atoms with Crippen LogP contribution in [0.3, 0.4) is 0 Å². The summed E-state index contributed by atoms with van der Waals surface area (Å²) in [6.07, 6.45) is 0. The van der Waals surface area contributed by atoms with Crippen LogP contribution in [0.15, 0.2) is 12.1 Å². The second-order valence-corrected chi connectivity index (χ2v) is 2.32. The Balaban J connectivity index is 3.36. The van der Waals surface area contributed by atoms with Crippen LogP contribution >= 0.6 is 0 Å². The van der Waals surface area contributed by atoms with Crippen LogP contribution in [0.5, 0.6) is 0 Å². The molecule has 0 aliphatic carbocycles. The first kappa shape index (κ1) is 8.64. The molecule has 1 rings (SSSR count). The molecule has 0 N–H and O–H groups in total. The SMILES string of the molecule is Cc1c(C(=O)[O-])ccc(F)c1F. The van der Waals surface area contributed by atoms with Gasteiger partial charge in [0.15, 0.2) is 11.6 Å². The Morgan fingerprint density at radius 1 is 1.42 bits per heavy atom. The third kappa shape index (κ3) is 1.28. The summed E-state index contributed by atoms with van der Waals surface area (Å²) in [5.74, 6) is -3.71. The minimum Gasteiger partial charge on any atom is -0.545 e. The molecular formula is C8H5F2O2-. The van der Waals surface area contributed by atoms with Gasteiger partial charge in [0, 0.05) is 5.56 Å². The number of hydrogen-bond acceptors (Lipinski definition) is 2. The molecule has 0 radical (unpaired) electrons. The van der Waals surface area contributed by atoms with Crippen molar-refractivity contribution in [2.24, 2.45) is 0 Å². The summed E-state index contributed by atoms with van der Waals surface area (Å²) in [5, 5.41) is 10.3. The number of aromatic carboxylic acids is 1. The van der Waals surface area contributed by atoms with Gasteiger partial charge in [-0.2, -0.15) is 0 Å². The van der Waals surface area contributed by atoms with Crippen LogP contribution in [0.2, 0.25) is 0 Å². The topological polar surface area (TPSA) is 40.1 Å². The number of hydrogen-bond donors (Lipinski definition) is 0. The second-order valence-electron chi connectivity index (χ2n) is 2.32. The van der Waals surface area contributed by atoms with Crippen molar-refractivity contribution in [3.05, 3.63) is 34.9 Å².